The van der Waals surface area contributed by atoms with Crippen molar-refractivity contribution in [2.45, 2.75) is 31.6 Å². The topological polar surface area (TPSA) is 17.8 Å². The van der Waals surface area contributed by atoms with Gasteiger partial charge in [0.1, 0.15) is 5.82 Å². The zero-order valence-electron chi connectivity index (χ0n) is 11.2. The van der Waals surface area contributed by atoms with Crippen molar-refractivity contribution in [1.82, 2.24) is 9.55 Å². The second-order valence-electron chi connectivity index (χ2n) is 4.59. The van der Waals surface area contributed by atoms with Crippen molar-refractivity contribution in [1.29, 1.82) is 0 Å². The Morgan fingerprint density at radius 3 is 2.95 bits per heavy atom. The minimum atomic E-state index is 0.614. The maximum Gasteiger partial charge on any atom is 0.111 e. The van der Waals surface area contributed by atoms with E-state index in [1.54, 1.807) is 0 Å². The van der Waals surface area contributed by atoms with Crippen LogP contribution in [0, 0.1) is 0 Å². The SMILES string of the molecule is CSC(C)CCn1c(CCCl)nc2ccc(Br)cc21. The summed E-state index contributed by atoms with van der Waals surface area (Å²) in [7, 11) is 0. The molecule has 0 aliphatic carbocycles. The number of hydrogen-bond acceptors (Lipinski definition) is 2. The summed E-state index contributed by atoms with van der Waals surface area (Å²) in [4.78, 5) is 4.70. The van der Waals surface area contributed by atoms with Gasteiger partial charge in [-0.1, -0.05) is 22.9 Å². The lowest BCUT2D eigenvalue weighted by molar-refractivity contribution is 0.628. The van der Waals surface area contributed by atoms with Crippen molar-refractivity contribution >= 4 is 50.3 Å². The van der Waals surface area contributed by atoms with E-state index < -0.39 is 0 Å². The molecule has 0 N–H and O–H groups in total. The van der Waals surface area contributed by atoms with Gasteiger partial charge >= 0.3 is 0 Å². The van der Waals surface area contributed by atoms with E-state index in [1.807, 2.05) is 17.8 Å². The van der Waals surface area contributed by atoms with Gasteiger partial charge in [0.25, 0.3) is 0 Å². The van der Waals surface area contributed by atoms with Gasteiger partial charge in [-0.25, -0.2) is 4.98 Å². The molecule has 1 atom stereocenters. The molecule has 0 amide bonds. The van der Waals surface area contributed by atoms with Crippen LogP contribution in [-0.2, 0) is 13.0 Å². The largest absolute Gasteiger partial charge is 0.328 e. The highest BCUT2D eigenvalue weighted by molar-refractivity contribution is 9.10. The lowest BCUT2D eigenvalue weighted by Gasteiger charge is -2.12. The van der Waals surface area contributed by atoms with Gasteiger partial charge in [-0.15, -0.1) is 11.6 Å². The first-order valence-corrected chi connectivity index (χ1v) is 9.00. The van der Waals surface area contributed by atoms with E-state index in [1.165, 1.54) is 5.52 Å². The molecule has 5 heteroatoms. The smallest absolute Gasteiger partial charge is 0.111 e. The van der Waals surface area contributed by atoms with Crippen LogP contribution in [0.5, 0.6) is 0 Å². The number of aryl methyl sites for hydroxylation is 2. The molecule has 1 unspecified atom stereocenters. The molecule has 0 saturated carbocycles. The van der Waals surface area contributed by atoms with Gasteiger partial charge in [0, 0.05) is 28.6 Å². The molecule has 1 heterocycles. The molecule has 1 aromatic carbocycles. The lowest BCUT2D eigenvalue weighted by atomic mass is 10.3. The van der Waals surface area contributed by atoms with E-state index in [-0.39, 0.29) is 0 Å². The maximum absolute atomic E-state index is 5.89. The summed E-state index contributed by atoms with van der Waals surface area (Å²) in [5.41, 5.74) is 2.25. The normalized spacial score (nSPS) is 13.1. The molecule has 19 heavy (non-hydrogen) atoms. The second kappa shape index (κ2) is 7.00. The Kier molecular flexibility index (Phi) is 5.60. The Morgan fingerprint density at radius 1 is 1.47 bits per heavy atom. The van der Waals surface area contributed by atoms with Crippen LogP contribution >= 0.6 is 39.3 Å². The summed E-state index contributed by atoms with van der Waals surface area (Å²) in [5.74, 6) is 1.71. The molecular formula is C14H18BrClN2S. The Balaban J connectivity index is 2.36. The molecule has 2 aromatic rings. The lowest BCUT2D eigenvalue weighted by Crippen LogP contribution is -2.08. The minimum Gasteiger partial charge on any atom is -0.328 e. The van der Waals surface area contributed by atoms with Gasteiger partial charge in [-0.3, -0.25) is 0 Å². The van der Waals surface area contributed by atoms with E-state index in [9.17, 15) is 0 Å². The van der Waals surface area contributed by atoms with Gasteiger partial charge in [-0.05, 0) is 30.9 Å². The first-order valence-electron chi connectivity index (χ1n) is 6.39. The highest BCUT2D eigenvalue weighted by Gasteiger charge is 2.11. The van der Waals surface area contributed by atoms with Crippen molar-refractivity contribution in [3.05, 3.63) is 28.5 Å². The van der Waals surface area contributed by atoms with E-state index >= 15 is 0 Å². The fourth-order valence-corrected chi connectivity index (χ4v) is 2.96. The Labute approximate surface area is 132 Å². The summed E-state index contributed by atoms with van der Waals surface area (Å²) < 4.78 is 3.41. The second-order valence-corrected chi connectivity index (χ2v) is 7.16. The summed E-state index contributed by atoms with van der Waals surface area (Å²) in [5, 5.41) is 0.661. The Bertz CT molecular complexity index is 556. The van der Waals surface area contributed by atoms with E-state index in [4.69, 9.17) is 16.6 Å². The van der Waals surface area contributed by atoms with Gasteiger partial charge in [0.15, 0.2) is 0 Å². The molecule has 0 aliphatic heterocycles. The van der Waals surface area contributed by atoms with Crippen LogP contribution in [0.1, 0.15) is 19.2 Å². The van der Waals surface area contributed by atoms with Gasteiger partial charge < -0.3 is 4.57 Å². The van der Waals surface area contributed by atoms with Gasteiger partial charge in [-0.2, -0.15) is 11.8 Å². The first-order chi connectivity index (χ1) is 9.15. The third kappa shape index (κ3) is 3.67. The molecule has 2 rings (SSSR count). The van der Waals surface area contributed by atoms with Crippen LogP contribution in [0.15, 0.2) is 22.7 Å². The molecule has 0 saturated heterocycles. The number of aromatic nitrogens is 2. The number of alkyl halides is 1. The standard InChI is InChI=1S/C14H18BrClN2S/c1-10(19-2)6-8-18-13-9-11(15)3-4-12(13)17-14(18)5-7-16/h3-4,9-10H,5-8H2,1-2H3. The number of benzene rings is 1. The van der Waals surface area contributed by atoms with Crippen LogP contribution in [0.2, 0.25) is 0 Å². The average Bonchev–Trinajstić information content (AvgIpc) is 2.73. The molecular weight excluding hydrogens is 344 g/mol. The summed E-state index contributed by atoms with van der Waals surface area (Å²) in [6, 6.07) is 6.24. The number of hydrogen-bond donors (Lipinski definition) is 0. The third-order valence-electron chi connectivity index (χ3n) is 3.27. The Morgan fingerprint density at radius 2 is 2.26 bits per heavy atom. The van der Waals surface area contributed by atoms with Crippen LogP contribution in [0.3, 0.4) is 0 Å². The molecule has 1 aromatic heterocycles. The molecule has 0 aliphatic rings. The molecule has 0 spiro atoms. The molecule has 0 radical (unpaired) electrons. The number of imidazole rings is 1. The van der Waals surface area contributed by atoms with Crippen molar-refractivity contribution in [2.75, 3.05) is 12.1 Å². The van der Waals surface area contributed by atoms with E-state index in [2.05, 4.69) is 45.8 Å². The predicted molar refractivity (Wildman–Crippen MR) is 89.5 cm³/mol. The monoisotopic (exact) mass is 360 g/mol. The third-order valence-corrected chi connectivity index (χ3v) is 4.99. The molecule has 2 nitrogen and oxygen atoms in total. The number of rotatable bonds is 6. The fraction of sp³-hybridized carbons (Fsp3) is 0.500. The number of halogens is 2. The first kappa shape index (κ1) is 15.2. The number of thioether (sulfide) groups is 1. The van der Waals surface area contributed by atoms with Crippen LogP contribution < -0.4 is 0 Å². The van der Waals surface area contributed by atoms with Crippen LogP contribution in [0.4, 0.5) is 0 Å². The van der Waals surface area contributed by atoms with E-state index in [0.29, 0.717) is 11.1 Å². The maximum atomic E-state index is 5.89. The summed E-state index contributed by atoms with van der Waals surface area (Å²) in [6.07, 6.45) is 4.13. The van der Waals surface area contributed by atoms with Gasteiger partial charge in [0.2, 0.25) is 0 Å². The van der Waals surface area contributed by atoms with E-state index in [0.717, 1.165) is 35.2 Å². The molecule has 0 bridgehead atoms. The minimum absolute atomic E-state index is 0.614. The van der Waals surface area contributed by atoms with Crippen molar-refractivity contribution < 1.29 is 0 Å². The predicted octanol–water partition coefficient (Wildman–Crippen LogP) is 4.72. The van der Waals surface area contributed by atoms with Crippen LogP contribution in [-0.4, -0.2) is 26.9 Å². The summed E-state index contributed by atoms with van der Waals surface area (Å²) in [6.45, 7) is 3.27. The number of nitrogens with zero attached hydrogens (tertiary/aromatic N) is 2. The zero-order chi connectivity index (χ0) is 13.8. The number of fused-ring (bicyclic) bond motifs is 1. The Hall–Kier alpha value is -0.190. The van der Waals surface area contributed by atoms with Crippen LogP contribution in [0.25, 0.3) is 11.0 Å². The quantitative estimate of drug-likeness (QED) is 0.693. The zero-order valence-corrected chi connectivity index (χ0v) is 14.4. The molecule has 104 valence electrons. The highest BCUT2D eigenvalue weighted by atomic mass is 79.9. The van der Waals surface area contributed by atoms with Crippen molar-refractivity contribution in [3.63, 3.8) is 0 Å². The van der Waals surface area contributed by atoms with Crippen molar-refractivity contribution in [3.8, 4) is 0 Å². The fourth-order valence-electron chi connectivity index (χ4n) is 2.10. The summed E-state index contributed by atoms with van der Waals surface area (Å²) >= 11 is 11.3. The highest BCUT2D eigenvalue weighted by Crippen LogP contribution is 2.23. The van der Waals surface area contributed by atoms with Crippen molar-refractivity contribution in [2.24, 2.45) is 0 Å². The molecule has 0 fully saturated rings. The van der Waals surface area contributed by atoms with Gasteiger partial charge in [0.05, 0.1) is 11.0 Å². The average molecular weight is 362 g/mol.